The number of esters is 1. The van der Waals surface area contributed by atoms with Crippen LogP contribution < -0.4 is 10.6 Å². The third-order valence-electron chi connectivity index (χ3n) is 5.81. The Labute approximate surface area is 204 Å². The quantitative estimate of drug-likeness (QED) is 0.393. The van der Waals surface area contributed by atoms with Gasteiger partial charge >= 0.3 is 5.97 Å². The number of ether oxygens (including phenoxy) is 1. The van der Waals surface area contributed by atoms with Crippen molar-refractivity contribution in [2.24, 2.45) is 0 Å². The third kappa shape index (κ3) is 4.79. The van der Waals surface area contributed by atoms with Crippen molar-refractivity contribution >= 4 is 45.7 Å². The molecule has 0 aliphatic carbocycles. The average molecular weight is 474 g/mol. The second-order valence-electron chi connectivity index (χ2n) is 8.54. The van der Waals surface area contributed by atoms with Gasteiger partial charge in [0.05, 0.1) is 17.7 Å². The Kier molecular flexibility index (Phi) is 6.65. The summed E-state index contributed by atoms with van der Waals surface area (Å²) in [5.74, 6) is -0.606. The van der Waals surface area contributed by atoms with Crippen molar-refractivity contribution in [3.05, 3.63) is 89.1 Å². The minimum Gasteiger partial charge on any atom is -0.459 e. The number of rotatable bonds is 5. The van der Waals surface area contributed by atoms with E-state index in [1.807, 2.05) is 94.5 Å². The van der Waals surface area contributed by atoms with Crippen molar-refractivity contribution in [1.29, 1.82) is 0 Å². The summed E-state index contributed by atoms with van der Waals surface area (Å²) in [6, 6.07) is 20.4. The van der Waals surface area contributed by atoms with Crippen molar-refractivity contribution in [2.75, 3.05) is 12.4 Å². The molecular formula is C27H27N3O3S. The van der Waals surface area contributed by atoms with Gasteiger partial charge in [-0.2, -0.15) is 0 Å². The number of carbonyl (C=O) groups excluding carboxylic acids is 2. The molecule has 0 saturated heterocycles. The standard InChI is InChI=1S/C27H27N3O3S/c1-16(2)33-26(32)23-17(3)30(4)27(34)29-24(23)20-10-7-11-22(15-20)28-25(31)21-13-12-18-8-5-6-9-19(18)14-21/h5-16,24H,1-4H3,(H,28,31)(H,29,34). The minimum absolute atomic E-state index is 0.207. The number of allylic oxidation sites excluding steroid dienone is 1. The van der Waals surface area contributed by atoms with Gasteiger partial charge in [0.15, 0.2) is 5.11 Å². The number of carbonyl (C=O) groups is 2. The Morgan fingerprint density at radius 3 is 2.50 bits per heavy atom. The lowest BCUT2D eigenvalue weighted by Gasteiger charge is -2.35. The maximum absolute atomic E-state index is 12.9. The fraction of sp³-hybridized carbons (Fsp3) is 0.222. The molecule has 0 bridgehead atoms. The maximum atomic E-state index is 12.9. The van der Waals surface area contributed by atoms with E-state index in [1.165, 1.54) is 0 Å². The molecule has 1 amide bonds. The normalized spacial score (nSPS) is 16.0. The van der Waals surface area contributed by atoms with Crippen molar-refractivity contribution < 1.29 is 14.3 Å². The highest BCUT2D eigenvalue weighted by Crippen LogP contribution is 2.32. The fourth-order valence-electron chi connectivity index (χ4n) is 3.96. The number of nitrogens with zero attached hydrogens (tertiary/aromatic N) is 1. The van der Waals surface area contributed by atoms with Crippen molar-refractivity contribution in [3.8, 4) is 0 Å². The summed E-state index contributed by atoms with van der Waals surface area (Å²) in [4.78, 5) is 27.7. The summed E-state index contributed by atoms with van der Waals surface area (Å²) in [6.45, 7) is 5.48. The van der Waals surface area contributed by atoms with Gasteiger partial charge in [0.1, 0.15) is 0 Å². The van der Waals surface area contributed by atoms with Crippen molar-refractivity contribution in [1.82, 2.24) is 10.2 Å². The average Bonchev–Trinajstić information content (AvgIpc) is 2.81. The van der Waals surface area contributed by atoms with E-state index >= 15 is 0 Å². The van der Waals surface area contributed by atoms with Crippen LogP contribution in [-0.2, 0) is 9.53 Å². The number of nitrogens with one attached hydrogen (secondary N) is 2. The Hall–Kier alpha value is -3.71. The van der Waals surface area contributed by atoms with Gasteiger partial charge < -0.3 is 20.3 Å². The highest BCUT2D eigenvalue weighted by molar-refractivity contribution is 7.80. The molecule has 3 aromatic carbocycles. The summed E-state index contributed by atoms with van der Waals surface area (Å²) < 4.78 is 5.51. The zero-order chi connectivity index (χ0) is 24.4. The molecule has 3 aromatic rings. The highest BCUT2D eigenvalue weighted by atomic mass is 32.1. The molecule has 7 heteroatoms. The SMILES string of the molecule is CC1=C(C(=O)OC(C)C)C(c2cccc(NC(=O)c3ccc4ccccc4c3)c2)NC(=S)N1C. The van der Waals surface area contributed by atoms with E-state index in [0.717, 1.165) is 22.0 Å². The summed E-state index contributed by atoms with van der Waals surface area (Å²) >= 11 is 5.47. The first kappa shape index (κ1) is 23.4. The zero-order valence-corrected chi connectivity index (χ0v) is 20.4. The minimum atomic E-state index is -0.493. The summed E-state index contributed by atoms with van der Waals surface area (Å²) in [5.41, 5.74) is 3.20. The number of hydrogen-bond acceptors (Lipinski definition) is 4. The summed E-state index contributed by atoms with van der Waals surface area (Å²) in [7, 11) is 1.81. The molecule has 174 valence electrons. The smallest absolute Gasteiger partial charge is 0.338 e. The van der Waals surface area contributed by atoms with Crippen LogP contribution in [0.1, 0.15) is 42.7 Å². The molecule has 0 radical (unpaired) electrons. The fourth-order valence-corrected chi connectivity index (χ4v) is 4.21. The Morgan fingerprint density at radius 1 is 1.03 bits per heavy atom. The highest BCUT2D eigenvalue weighted by Gasteiger charge is 2.34. The van der Waals surface area contributed by atoms with E-state index in [9.17, 15) is 9.59 Å². The second kappa shape index (κ2) is 9.65. The first-order valence-electron chi connectivity index (χ1n) is 11.1. The topological polar surface area (TPSA) is 70.7 Å². The van der Waals surface area contributed by atoms with Gasteiger partial charge in [-0.3, -0.25) is 4.79 Å². The van der Waals surface area contributed by atoms with E-state index in [0.29, 0.717) is 21.9 Å². The van der Waals surface area contributed by atoms with Gasteiger partial charge in [0.25, 0.3) is 5.91 Å². The molecule has 1 heterocycles. The molecule has 4 rings (SSSR count). The van der Waals surface area contributed by atoms with E-state index < -0.39 is 12.0 Å². The van der Waals surface area contributed by atoms with Gasteiger partial charge in [-0.15, -0.1) is 0 Å². The number of thiocarbonyl (C=S) groups is 1. The molecule has 0 saturated carbocycles. The lowest BCUT2D eigenvalue weighted by molar-refractivity contribution is -0.143. The van der Waals surface area contributed by atoms with Gasteiger partial charge in [-0.05, 0) is 73.6 Å². The second-order valence-corrected chi connectivity index (χ2v) is 8.92. The monoisotopic (exact) mass is 473 g/mol. The van der Waals surface area contributed by atoms with Crippen LogP contribution in [-0.4, -0.2) is 35.0 Å². The number of fused-ring (bicyclic) bond motifs is 1. The molecule has 2 N–H and O–H groups in total. The van der Waals surface area contributed by atoms with Crippen LogP contribution in [0.15, 0.2) is 78.0 Å². The van der Waals surface area contributed by atoms with Crippen LogP contribution in [0.5, 0.6) is 0 Å². The Morgan fingerprint density at radius 2 is 1.76 bits per heavy atom. The van der Waals surface area contributed by atoms with Gasteiger partial charge in [-0.1, -0.05) is 42.5 Å². The van der Waals surface area contributed by atoms with Crippen LogP contribution in [0, 0.1) is 0 Å². The van der Waals surface area contributed by atoms with E-state index in [1.54, 1.807) is 4.90 Å². The van der Waals surface area contributed by atoms with E-state index in [-0.39, 0.29) is 12.0 Å². The summed E-state index contributed by atoms with van der Waals surface area (Å²) in [5, 5.41) is 8.79. The molecule has 0 fully saturated rings. The van der Waals surface area contributed by atoms with E-state index in [2.05, 4.69) is 10.6 Å². The molecule has 34 heavy (non-hydrogen) atoms. The number of benzene rings is 3. The number of hydrogen-bond donors (Lipinski definition) is 2. The molecule has 0 aromatic heterocycles. The molecule has 0 spiro atoms. The molecular weight excluding hydrogens is 446 g/mol. The lowest BCUT2D eigenvalue weighted by Crippen LogP contribution is -2.46. The van der Waals surface area contributed by atoms with Gasteiger partial charge in [0, 0.05) is 24.0 Å². The summed E-state index contributed by atoms with van der Waals surface area (Å²) in [6.07, 6.45) is -0.250. The van der Waals surface area contributed by atoms with Crippen LogP contribution in [0.25, 0.3) is 10.8 Å². The molecule has 1 aliphatic rings. The first-order valence-corrected chi connectivity index (χ1v) is 11.5. The van der Waals surface area contributed by atoms with Crippen LogP contribution in [0.4, 0.5) is 5.69 Å². The van der Waals surface area contributed by atoms with E-state index in [4.69, 9.17) is 17.0 Å². The maximum Gasteiger partial charge on any atom is 0.338 e. The Balaban J connectivity index is 1.63. The molecule has 6 nitrogen and oxygen atoms in total. The Bertz CT molecular complexity index is 1320. The predicted molar refractivity (Wildman–Crippen MR) is 139 cm³/mol. The van der Waals surface area contributed by atoms with Crippen molar-refractivity contribution in [3.63, 3.8) is 0 Å². The van der Waals surface area contributed by atoms with Crippen molar-refractivity contribution in [2.45, 2.75) is 32.9 Å². The molecule has 1 aliphatic heterocycles. The first-order chi connectivity index (χ1) is 16.2. The molecule has 1 unspecified atom stereocenters. The lowest BCUT2D eigenvalue weighted by atomic mass is 9.94. The van der Waals surface area contributed by atoms with Crippen LogP contribution in [0.3, 0.4) is 0 Å². The van der Waals surface area contributed by atoms with Gasteiger partial charge in [0.2, 0.25) is 0 Å². The third-order valence-corrected chi connectivity index (χ3v) is 6.20. The number of amides is 1. The van der Waals surface area contributed by atoms with Crippen LogP contribution in [0.2, 0.25) is 0 Å². The largest absolute Gasteiger partial charge is 0.459 e. The predicted octanol–water partition coefficient (Wildman–Crippen LogP) is 5.18. The molecule has 1 atom stereocenters. The number of anilines is 1. The van der Waals surface area contributed by atoms with Crippen LogP contribution >= 0.6 is 12.2 Å². The zero-order valence-electron chi connectivity index (χ0n) is 19.6. The van der Waals surface area contributed by atoms with Gasteiger partial charge in [-0.25, -0.2) is 4.79 Å².